The Morgan fingerprint density at radius 1 is 1.14 bits per heavy atom. The predicted octanol–water partition coefficient (Wildman–Crippen LogP) is 4.22. The van der Waals surface area contributed by atoms with Crippen LogP contribution in [0.2, 0.25) is 0 Å². The van der Waals surface area contributed by atoms with Crippen LogP contribution in [0.15, 0.2) is 59.1 Å². The van der Waals surface area contributed by atoms with Crippen LogP contribution in [0.5, 0.6) is 0 Å². The van der Waals surface area contributed by atoms with Gasteiger partial charge in [-0.25, -0.2) is 4.79 Å². The summed E-state index contributed by atoms with van der Waals surface area (Å²) in [5.41, 5.74) is 3.42. The number of benzene rings is 2. The molecule has 2 amide bonds. The zero-order valence-electron chi connectivity index (χ0n) is 19.4. The molecule has 2 heterocycles. The molecule has 0 spiro atoms. The number of hydrogen-bond acceptors (Lipinski definition) is 6. The second-order valence-electron chi connectivity index (χ2n) is 9.34. The summed E-state index contributed by atoms with van der Waals surface area (Å²) in [5.74, 6) is -1.72. The number of amides is 2. The number of aromatic nitrogens is 1. The Balaban J connectivity index is 1.21. The van der Waals surface area contributed by atoms with Gasteiger partial charge in [-0.1, -0.05) is 60.6 Å². The second kappa shape index (κ2) is 8.57. The molecule has 9 nitrogen and oxygen atoms in total. The molecule has 2 aromatic carbocycles. The number of anilines is 1. The average molecular weight is 476 g/mol. The molecule has 0 unspecified atom stereocenters. The normalized spacial score (nSPS) is 20.9. The van der Waals surface area contributed by atoms with Gasteiger partial charge in [-0.05, 0) is 35.1 Å². The van der Waals surface area contributed by atoms with Gasteiger partial charge in [0.25, 0.3) is 5.91 Å². The molecule has 1 aliphatic carbocycles. The highest BCUT2D eigenvalue weighted by Gasteiger charge is 2.48. The first kappa shape index (κ1) is 22.6. The lowest BCUT2D eigenvalue weighted by Gasteiger charge is -2.22. The van der Waals surface area contributed by atoms with E-state index in [0.717, 1.165) is 22.3 Å². The molecule has 9 heteroatoms. The van der Waals surface area contributed by atoms with Crippen LogP contribution in [0, 0.1) is 11.3 Å². The monoisotopic (exact) mass is 475 g/mol. The number of nitrogens with one attached hydrogen (secondary N) is 1. The van der Waals surface area contributed by atoms with Crippen molar-refractivity contribution < 1.29 is 28.8 Å². The van der Waals surface area contributed by atoms with Crippen molar-refractivity contribution >= 4 is 23.9 Å². The molecule has 35 heavy (non-hydrogen) atoms. The van der Waals surface area contributed by atoms with E-state index >= 15 is 0 Å². The highest BCUT2D eigenvalue weighted by Crippen LogP contribution is 2.44. The summed E-state index contributed by atoms with van der Waals surface area (Å²) in [7, 11) is 0. The first-order chi connectivity index (χ1) is 16.8. The fourth-order valence-electron chi connectivity index (χ4n) is 4.91. The van der Waals surface area contributed by atoms with Crippen molar-refractivity contribution in [1.82, 2.24) is 10.1 Å². The van der Waals surface area contributed by atoms with Crippen LogP contribution >= 0.6 is 0 Å². The maximum atomic E-state index is 12.8. The molecule has 0 saturated carbocycles. The lowest BCUT2D eigenvalue weighted by molar-refractivity contribution is -0.148. The van der Waals surface area contributed by atoms with Crippen molar-refractivity contribution in [2.75, 3.05) is 25.0 Å². The van der Waals surface area contributed by atoms with Crippen molar-refractivity contribution in [1.29, 1.82) is 0 Å². The lowest BCUT2D eigenvalue weighted by Crippen LogP contribution is -2.36. The van der Waals surface area contributed by atoms with Crippen molar-refractivity contribution in [2.45, 2.75) is 19.8 Å². The molecular weight excluding hydrogens is 450 g/mol. The van der Waals surface area contributed by atoms with E-state index in [-0.39, 0.29) is 36.6 Å². The Labute approximate surface area is 201 Å². The van der Waals surface area contributed by atoms with Crippen LogP contribution in [0.3, 0.4) is 0 Å². The number of hydrogen-bond donors (Lipinski definition) is 2. The molecule has 0 bridgehead atoms. The van der Waals surface area contributed by atoms with Gasteiger partial charge in [0.15, 0.2) is 5.69 Å². The fourth-order valence-corrected chi connectivity index (χ4v) is 4.91. The van der Waals surface area contributed by atoms with E-state index in [2.05, 4.69) is 22.6 Å². The van der Waals surface area contributed by atoms with E-state index in [9.17, 15) is 19.5 Å². The topological polar surface area (TPSA) is 122 Å². The maximum Gasteiger partial charge on any atom is 0.414 e. The third-order valence-electron chi connectivity index (χ3n) is 7.18. The standard InChI is InChI=1S/C26H25N3O6/c1-15-12-29(14-26(15,2)24(31)32)23(30)21-11-22(35-28-21)27-25(33)34-13-20-18-9-5-3-7-16(18)17-8-4-6-10-19(17)20/h3-11,15,20H,12-14H2,1-2H3,(H,27,33)(H,31,32)/t15-,26-/m0/s1. The Kier molecular flexibility index (Phi) is 5.55. The third-order valence-corrected chi connectivity index (χ3v) is 7.18. The van der Waals surface area contributed by atoms with Gasteiger partial charge >= 0.3 is 12.1 Å². The first-order valence-electron chi connectivity index (χ1n) is 11.4. The minimum Gasteiger partial charge on any atom is -0.481 e. The smallest absolute Gasteiger partial charge is 0.414 e. The molecule has 2 aliphatic rings. The Morgan fingerprint density at radius 2 is 1.77 bits per heavy atom. The van der Waals surface area contributed by atoms with Crippen LogP contribution in [-0.4, -0.2) is 52.8 Å². The summed E-state index contributed by atoms with van der Waals surface area (Å²) < 4.78 is 10.6. The van der Waals surface area contributed by atoms with Gasteiger partial charge in [-0.2, -0.15) is 0 Å². The number of carboxylic acid groups (broad SMARTS) is 1. The van der Waals surface area contributed by atoms with Gasteiger partial charge in [0.2, 0.25) is 5.88 Å². The van der Waals surface area contributed by atoms with Crippen LogP contribution in [0.4, 0.5) is 10.7 Å². The predicted molar refractivity (Wildman–Crippen MR) is 126 cm³/mol. The first-order valence-corrected chi connectivity index (χ1v) is 11.4. The van der Waals surface area contributed by atoms with Gasteiger partial charge < -0.3 is 19.3 Å². The number of fused-ring (bicyclic) bond motifs is 3. The number of nitrogens with zero attached hydrogens (tertiary/aromatic N) is 2. The zero-order valence-corrected chi connectivity index (χ0v) is 19.4. The van der Waals surface area contributed by atoms with Crippen molar-refractivity contribution in [3.05, 3.63) is 71.4 Å². The number of carbonyl (C=O) groups is 3. The molecular formula is C26H25N3O6. The molecule has 1 fully saturated rings. The van der Waals surface area contributed by atoms with Gasteiger partial charge in [0.05, 0.1) is 5.41 Å². The van der Waals surface area contributed by atoms with Crippen LogP contribution in [-0.2, 0) is 9.53 Å². The van der Waals surface area contributed by atoms with Gasteiger partial charge in [0.1, 0.15) is 6.61 Å². The van der Waals surface area contributed by atoms with Crippen molar-refractivity contribution in [3.8, 4) is 11.1 Å². The van der Waals surface area contributed by atoms with E-state index < -0.39 is 23.4 Å². The molecule has 1 aromatic heterocycles. The summed E-state index contributed by atoms with van der Waals surface area (Å²) in [6.45, 7) is 3.93. The maximum absolute atomic E-state index is 12.8. The van der Waals surface area contributed by atoms with Gasteiger partial charge in [-0.15, -0.1) is 0 Å². The molecule has 5 rings (SSSR count). The molecule has 2 N–H and O–H groups in total. The van der Waals surface area contributed by atoms with E-state index in [4.69, 9.17) is 9.26 Å². The largest absolute Gasteiger partial charge is 0.481 e. The third kappa shape index (κ3) is 3.92. The Morgan fingerprint density at radius 3 is 2.37 bits per heavy atom. The lowest BCUT2D eigenvalue weighted by atomic mass is 9.81. The van der Waals surface area contributed by atoms with Crippen LogP contribution in [0.1, 0.15) is 41.4 Å². The molecule has 180 valence electrons. The average Bonchev–Trinajstić information content (AvgIpc) is 3.52. The van der Waals surface area contributed by atoms with E-state index in [1.54, 1.807) is 13.8 Å². The molecule has 0 radical (unpaired) electrons. The number of carboxylic acids is 1. The minimum atomic E-state index is -1.03. The highest BCUT2D eigenvalue weighted by molar-refractivity contribution is 5.94. The Hall–Kier alpha value is -4.14. The van der Waals surface area contributed by atoms with E-state index in [1.165, 1.54) is 11.0 Å². The summed E-state index contributed by atoms with van der Waals surface area (Å²) >= 11 is 0. The quantitative estimate of drug-likeness (QED) is 0.567. The molecule has 2 atom stereocenters. The number of aliphatic carboxylic acids is 1. The summed E-state index contributed by atoms with van der Waals surface area (Å²) in [6.07, 6.45) is -0.727. The highest BCUT2D eigenvalue weighted by atomic mass is 16.6. The molecule has 3 aromatic rings. The SMILES string of the molecule is C[C@H]1CN(C(=O)c2cc(NC(=O)OCC3c4ccccc4-c4ccccc43)on2)C[C@]1(C)C(=O)O. The number of ether oxygens (including phenoxy) is 1. The molecule has 1 saturated heterocycles. The number of likely N-dealkylation sites (tertiary alicyclic amines) is 1. The summed E-state index contributed by atoms with van der Waals surface area (Å²) in [5, 5.41) is 15.7. The zero-order chi connectivity index (χ0) is 24.7. The van der Waals surface area contributed by atoms with Gasteiger partial charge in [0, 0.05) is 25.1 Å². The van der Waals surface area contributed by atoms with Crippen molar-refractivity contribution in [2.24, 2.45) is 11.3 Å². The summed E-state index contributed by atoms with van der Waals surface area (Å²) in [6, 6.07) is 17.4. The second-order valence-corrected chi connectivity index (χ2v) is 9.34. The van der Waals surface area contributed by atoms with E-state index in [0.29, 0.717) is 6.54 Å². The van der Waals surface area contributed by atoms with Crippen molar-refractivity contribution in [3.63, 3.8) is 0 Å². The Bertz CT molecular complexity index is 1270. The number of rotatable bonds is 5. The molecule has 1 aliphatic heterocycles. The number of carbonyl (C=O) groups excluding carboxylic acids is 2. The van der Waals surface area contributed by atoms with Crippen LogP contribution < -0.4 is 5.32 Å². The minimum absolute atomic E-state index is 0.0132. The van der Waals surface area contributed by atoms with E-state index in [1.807, 2.05) is 36.4 Å². The summed E-state index contributed by atoms with van der Waals surface area (Å²) in [4.78, 5) is 38.3. The van der Waals surface area contributed by atoms with Gasteiger partial charge in [-0.3, -0.25) is 14.9 Å². The fraction of sp³-hybridized carbons (Fsp3) is 0.308. The van der Waals surface area contributed by atoms with Crippen LogP contribution in [0.25, 0.3) is 11.1 Å².